The first kappa shape index (κ1) is 37.8. The molecule has 0 aliphatic rings. The summed E-state index contributed by atoms with van der Waals surface area (Å²) in [4.78, 5) is 19.8. The molecule has 0 bridgehead atoms. The fourth-order valence-electron chi connectivity index (χ4n) is 6.22. The van der Waals surface area contributed by atoms with E-state index in [-0.39, 0.29) is 0 Å². The van der Waals surface area contributed by atoms with Crippen LogP contribution in [0.25, 0.3) is 0 Å². The fourth-order valence-corrected chi connectivity index (χ4v) is 11.4. The monoisotopic (exact) mass is 681 g/mol. The van der Waals surface area contributed by atoms with Crippen molar-refractivity contribution in [3.63, 3.8) is 0 Å². The van der Waals surface area contributed by atoms with Crippen LogP contribution in [0.3, 0.4) is 0 Å². The third kappa shape index (κ3) is 7.13. The summed E-state index contributed by atoms with van der Waals surface area (Å²) in [5, 5.41) is 3.44. The van der Waals surface area contributed by atoms with Crippen molar-refractivity contribution in [2.45, 2.75) is 0 Å². The largest absolute Gasteiger partial charge is 0.378 e. The molecule has 0 aliphatic heterocycles. The molecule has 0 fully saturated rings. The topological polar surface area (TPSA) is 29.2 Å². The Morgan fingerprint density at radius 1 is 0.277 bits per heavy atom. The summed E-state index contributed by atoms with van der Waals surface area (Å²) in [7, 11) is 34.7. The summed E-state index contributed by atoms with van der Waals surface area (Å²) in [6, 6.07) is 14.0. The van der Waals surface area contributed by atoms with Crippen molar-refractivity contribution < 1.29 is 0 Å². The van der Waals surface area contributed by atoms with Gasteiger partial charge in [-0.3, -0.25) is 0 Å². The Hall–Kier alpha value is -3.63. The predicted molar refractivity (Wildman–Crippen MR) is 219 cm³/mol. The normalized spacial score (nSPS) is 11.3. The Morgan fingerprint density at radius 2 is 0.426 bits per heavy atom. The standard InChI is InChI=1S/C36H60ClN9Si/c1-38(2)25-19-31(44(13)14)34(22-28(25)41(7)8)47(37,35-23-29(42(9)10)26(39(3)4)20-32(35)45(15)16)36-24-30(43(11)12)27(40(5)6)21-33(36)46(17)18/h19-24H,1-18H3. The molecule has 9 nitrogen and oxygen atoms in total. The molecular formula is C36H60ClN9Si. The number of halogens is 1. The molecule has 0 amide bonds. The van der Waals surface area contributed by atoms with Gasteiger partial charge in [-0.25, -0.2) is 0 Å². The zero-order valence-corrected chi connectivity index (χ0v) is 34.1. The molecule has 11 heteroatoms. The summed E-state index contributed by atoms with van der Waals surface area (Å²) >= 11 is 8.75. The Labute approximate surface area is 291 Å². The van der Waals surface area contributed by atoms with E-state index in [1.54, 1.807) is 0 Å². The van der Waals surface area contributed by atoms with Crippen LogP contribution in [0.4, 0.5) is 51.2 Å². The number of anilines is 9. The number of hydrogen-bond acceptors (Lipinski definition) is 9. The summed E-state index contributed by atoms with van der Waals surface area (Å²) in [5.41, 5.74) is 10.1. The first-order valence-corrected chi connectivity index (χ1v) is 19.0. The van der Waals surface area contributed by atoms with E-state index in [1.165, 1.54) is 0 Å². The van der Waals surface area contributed by atoms with Crippen molar-refractivity contribution in [3.8, 4) is 0 Å². The molecule has 0 saturated heterocycles. The van der Waals surface area contributed by atoms with Gasteiger partial charge in [0.25, 0.3) is 7.38 Å². The van der Waals surface area contributed by atoms with Crippen molar-refractivity contribution in [2.24, 2.45) is 0 Å². The lowest BCUT2D eigenvalue weighted by Crippen LogP contribution is -2.65. The van der Waals surface area contributed by atoms with Gasteiger partial charge in [-0.15, -0.1) is 11.1 Å². The van der Waals surface area contributed by atoms with Crippen LogP contribution in [0.2, 0.25) is 0 Å². The van der Waals surface area contributed by atoms with Crippen LogP contribution in [0, 0.1) is 0 Å². The van der Waals surface area contributed by atoms with E-state index in [0.29, 0.717) is 0 Å². The number of hydrogen-bond donors (Lipinski definition) is 0. The Morgan fingerprint density at radius 3 is 0.574 bits per heavy atom. The van der Waals surface area contributed by atoms with E-state index in [2.05, 4.69) is 207 Å². The molecule has 0 aliphatic carbocycles. The second-order valence-corrected chi connectivity index (χ2v) is 18.9. The smallest absolute Gasteiger partial charge is 0.254 e. The maximum absolute atomic E-state index is 8.75. The van der Waals surface area contributed by atoms with Gasteiger partial charge < -0.3 is 44.1 Å². The molecule has 3 aromatic carbocycles. The fraction of sp³-hybridized carbons (Fsp3) is 0.500. The van der Waals surface area contributed by atoms with E-state index in [9.17, 15) is 0 Å². The molecule has 260 valence electrons. The molecule has 0 radical (unpaired) electrons. The van der Waals surface area contributed by atoms with Crippen LogP contribution in [-0.2, 0) is 0 Å². The van der Waals surface area contributed by atoms with Crippen LogP contribution in [0.1, 0.15) is 0 Å². The molecule has 0 spiro atoms. The lowest BCUT2D eigenvalue weighted by Gasteiger charge is -2.39. The van der Waals surface area contributed by atoms with E-state index in [0.717, 1.165) is 66.7 Å². The molecule has 0 heterocycles. The van der Waals surface area contributed by atoms with Gasteiger partial charge in [0, 0.05) is 144 Å². The molecule has 3 rings (SSSR count). The summed E-state index contributed by atoms with van der Waals surface area (Å²) in [6.07, 6.45) is 0. The number of nitrogens with zero attached hydrogens (tertiary/aromatic N) is 9. The lowest BCUT2D eigenvalue weighted by atomic mass is 10.2. The minimum absolute atomic E-state index is 1.11. The molecule has 0 aromatic heterocycles. The predicted octanol–water partition coefficient (Wildman–Crippen LogP) is 3.49. The van der Waals surface area contributed by atoms with Gasteiger partial charge in [0.1, 0.15) is 0 Å². The van der Waals surface area contributed by atoms with Gasteiger partial charge >= 0.3 is 0 Å². The molecule has 3 aromatic rings. The van der Waals surface area contributed by atoms with Crippen molar-refractivity contribution in [3.05, 3.63) is 36.4 Å². The third-order valence-corrected chi connectivity index (χ3v) is 14.0. The van der Waals surface area contributed by atoms with E-state index >= 15 is 0 Å². The minimum atomic E-state index is -3.39. The van der Waals surface area contributed by atoms with Crippen LogP contribution < -0.4 is 59.7 Å². The van der Waals surface area contributed by atoms with Gasteiger partial charge in [0.2, 0.25) is 0 Å². The van der Waals surface area contributed by atoms with Crippen molar-refractivity contribution in [1.29, 1.82) is 0 Å². The van der Waals surface area contributed by atoms with Crippen LogP contribution in [0.15, 0.2) is 36.4 Å². The van der Waals surface area contributed by atoms with Crippen LogP contribution >= 0.6 is 11.1 Å². The zero-order chi connectivity index (χ0) is 35.9. The highest BCUT2D eigenvalue weighted by atomic mass is 35.6. The maximum Gasteiger partial charge on any atom is 0.254 e. The zero-order valence-electron chi connectivity index (χ0n) is 32.4. The van der Waals surface area contributed by atoms with Crippen molar-refractivity contribution >= 4 is 85.2 Å². The van der Waals surface area contributed by atoms with Gasteiger partial charge in [-0.1, -0.05) is 0 Å². The summed E-state index contributed by atoms with van der Waals surface area (Å²) < 4.78 is 0. The summed E-state index contributed by atoms with van der Waals surface area (Å²) in [6.45, 7) is 0. The second kappa shape index (κ2) is 14.2. The van der Waals surface area contributed by atoms with Gasteiger partial charge in [-0.05, 0) is 52.0 Å². The minimum Gasteiger partial charge on any atom is -0.378 e. The molecule has 0 saturated carbocycles. The first-order chi connectivity index (χ1) is 21.7. The van der Waals surface area contributed by atoms with Gasteiger partial charge in [0.15, 0.2) is 0 Å². The number of benzene rings is 3. The molecular weight excluding hydrogens is 622 g/mol. The van der Waals surface area contributed by atoms with Gasteiger partial charge in [-0.2, -0.15) is 0 Å². The van der Waals surface area contributed by atoms with Crippen molar-refractivity contribution in [2.75, 3.05) is 171 Å². The average Bonchev–Trinajstić information content (AvgIpc) is 2.97. The highest BCUT2D eigenvalue weighted by Crippen LogP contribution is 2.39. The average molecular weight is 682 g/mol. The van der Waals surface area contributed by atoms with Crippen LogP contribution in [0.5, 0.6) is 0 Å². The van der Waals surface area contributed by atoms with Crippen LogP contribution in [-0.4, -0.2) is 134 Å². The highest BCUT2D eigenvalue weighted by Gasteiger charge is 2.46. The maximum atomic E-state index is 8.75. The third-order valence-electron chi connectivity index (χ3n) is 8.73. The Bertz CT molecular complexity index is 1380. The second-order valence-electron chi connectivity index (χ2n) is 14.3. The van der Waals surface area contributed by atoms with E-state index in [1.807, 2.05) is 0 Å². The SMILES string of the molecule is CN(C)c1cc(N(C)C)c([Si](Cl)(c2cc(N(C)C)c(N(C)C)cc2N(C)C)c2cc(N(C)C)c(N(C)C)cc2N(C)C)cc1N(C)C. The molecule has 0 unspecified atom stereocenters. The molecule has 47 heavy (non-hydrogen) atoms. The molecule has 0 N–H and O–H groups in total. The van der Waals surface area contributed by atoms with E-state index < -0.39 is 7.38 Å². The Balaban J connectivity index is 2.82. The lowest BCUT2D eigenvalue weighted by molar-refractivity contribution is 1.06. The quantitative estimate of drug-likeness (QED) is 0.162. The Kier molecular flexibility index (Phi) is 11.5. The van der Waals surface area contributed by atoms with Gasteiger partial charge in [0.05, 0.1) is 34.1 Å². The van der Waals surface area contributed by atoms with Crippen molar-refractivity contribution in [1.82, 2.24) is 0 Å². The summed E-state index contributed by atoms with van der Waals surface area (Å²) in [5.74, 6) is 0. The first-order valence-electron chi connectivity index (χ1n) is 16.0. The molecule has 0 atom stereocenters. The number of rotatable bonds is 12. The highest BCUT2D eigenvalue weighted by molar-refractivity contribution is 7.41. The van der Waals surface area contributed by atoms with E-state index in [4.69, 9.17) is 11.1 Å².